The number of benzene rings is 1. The van der Waals surface area contributed by atoms with Crippen molar-refractivity contribution in [2.24, 2.45) is 0 Å². The normalized spacial score (nSPS) is 15.3. The summed E-state index contributed by atoms with van der Waals surface area (Å²) in [7, 11) is 0. The van der Waals surface area contributed by atoms with Crippen LogP contribution in [0.2, 0.25) is 0 Å². The average Bonchev–Trinajstić information content (AvgIpc) is 2.36. The van der Waals surface area contributed by atoms with Crippen molar-refractivity contribution in [3.63, 3.8) is 0 Å². The third kappa shape index (κ3) is 0.853. The number of hydrogen-bond acceptors (Lipinski definition) is 1. The van der Waals surface area contributed by atoms with Gasteiger partial charge in [0.15, 0.2) is 0 Å². The van der Waals surface area contributed by atoms with Crippen molar-refractivity contribution in [1.82, 2.24) is 0 Å². The third-order valence-corrected chi connectivity index (χ3v) is 2.54. The van der Waals surface area contributed by atoms with Crippen LogP contribution in [0.15, 0.2) is 23.1 Å². The zero-order valence-electron chi connectivity index (χ0n) is 5.80. The molecule has 1 heteroatoms. The van der Waals surface area contributed by atoms with Crippen LogP contribution in [0.5, 0.6) is 0 Å². The molecule has 0 amide bonds. The largest absolute Gasteiger partial charge is 0.143 e. The van der Waals surface area contributed by atoms with E-state index in [9.17, 15) is 0 Å². The Bertz CT molecular complexity index is 253. The fourth-order valence-electron chi connectivity index (χ4n) is 1.60. The molecule has 0 aromatic heterocycles. The molecule has 2 rings (SSSR count). The molecule has 0 atom stereocenters. The van der Waals surface area contributed by atoms with Gasteiger partial charge >= 0.3 is 0 Å². The van der Waals surface area contributed by atoms with Crippen molar-refractivity contribution >= 4 is 12.6 Å². The first kappa shape index (κ1) is 6.29. The minimum atomic E-state index is 1.18. The molecule has 0 bridgehead atoms. The second-order valence-electron chi connectivity index (χ2n) is 2.77. The Labute approximate surface area is 66.7 Å². The number of fused-ring (bicyclic) bond motifs is 1. The lowest BCUT2D eigenvalue weighted by Gasteiger charge is -1.99. The molecule has 0 radical (unpaired) electrons. The van der Waals surface area contributed by atoms with Crippen molar-refractivity contribution in [1.29, 1.82) is 0 Å². The molecule has 10 heavy (non-hydrogen) atoms. The fraction of sp³-hybridized carbons (Fsp3) is 0.333. The van der Waals surface area contributed by atoms with Gasteiger partial charge in [0.25, 0.3) is 0 Å². The maximum absolute atomic E-state index is 4.39. The predicted molar refractivity (Wildman–Crippen MR) is 45.7 cm³/mol. The Hall–Kier alpha value is -0.430. The Morgan fingerprint density at radius 2 is 2.10 bits per heavy atom. The molecule has 1 aliphatic rings. The summed E-state index contributed by atoms with van der Waals surface area (Å²) in [6, 6.07) is 6.38. The summed E-state index contributed by atoms with van der Waals surface area (Å²) in [5, 5.41) is 0. The summed E-state index contributed by atoms with van der Waals surface area (Å²) in [5.41, 5.74) is 2.98. The Morgan fingerprint density at radius 3 is 2.90 bits per heavy atom. The molecule has 0 fully saturated rings. The van der Waals surface area contributed by atoms with E-state index in [4.69, 9.17) is 0 Å². The van der Waals surface area contributed by atoms with Crippen molar-refractivity contribution in [2.45, 2.75) is 24.2 Å². The second-order valence-corrected chi connectivity index (χ2v) is 3.25. The molecule has 0 saturated heterocycles. The summed E-state index contributed by atoms with van der Waals surface area (Å²) in [5.74, 6) is 0. The Kier molecular flexibility index (Phi) is 1.46. The summed E-state index contributed by atoms with van der Waals surface area (Å²) in [4.78, 5) is 1.18. The van der Waals surface area contributed by atoms with Gasteiger partial charge < -0.3 is 0 Å². The van der Waals surface area contributed by atoms with Crippen LogP contribution >= 0.6 is 12.6 Å². The Balaban J connectivity index is 2.59. The van der Waals surface area contributed by atoms with Crippen molar-refractivity contribution < 1.29 is 0 Å². The van der Waals surface area contributed by atoms with Gasteiger partial charge in [-0.25, -0.2) is 0 Å². The third-order valence-electron chi connectivity index (χ3n) is 2.12. The smallest absolute Gasteiger partial charge is 0.00747 e. The lowest BCUT2D eigenvalue weighted by atomic mass is 10.1. The monoisotopic (exact) mass is 150 g/mol. The SMILES string of the molecule is Sc1cccc2c1CCC2. The van der Waals surface area contributed by atoms with Crippen LogP contribution in [0.1, 0.15) is 17.5 Å². The van der Waals surface area contributed by atoms with Gasteiger partial charge in [-0.1, -0.05) is 12.1 Å². The van der Waals surface area contributed by atoms with Crippen LogP contribution in [0.25, 0.3) is 0 Å². The predicted octanol–water partition coefficient (Wildman–Crippen LogP) is 2.46. The van der Waals surface area contributed by atoms with Crippen molar-refractivity contribution in [2.75, 3.05) is 0 Å². The highest BCUT2D eigenvalue weighted by molar-refractivity contribution is 7.80. The van der Waals surface area contributed by atoms with Crippen molar-refractivity contribution in [3.05, 3.63) is 29.3 Å². The van der Waals surface area contributed by atoms with Gasteiger partial charge in [-0.3, -0.25) is 0 Å². The van der Waals surface area contributed by atoms with E-state index in [1.54, 1.807) is 0 Å². The van der Waals surface area contributed by atoms with Crippen LogP contribution in [0.4, 0.5) is 0 Å². The number of rotatable bonds is 0. The van der Waals surface area contributed by atoms with Gasteiger partial charge in [-0.15, -0.1) is 12.6 Å². The highest BCUT2D eigenvalue weighted by atomic mass is 32.1. The molecule has 0 nitrogen and oxygen atoms in total. The van der Waals surface area contributed by atoms with Gasteiger partial charge in [-0.05, 0) is 36.5 Å². The minimum Gasteiger partial charge on any atom is -0.143 e. The molecule has 52 valence electrons. The number of thiol groups is 1. The maximum atomic E-state index is 4.39. The summed E-state index contributed by atoms with van der Waals surface area (Å²) in [6.45, 7) is 0. The van der Waals surface area contributed by atoms with Gasteiger partial charge in [0, 0.05) is 4.90 Å². The molecular formula is C9H10S. The van der Waals surface area contributed by atoms with E-state index < -0.39 is 0 Å². The summed E-state index contributed by atoms with van der Waals surface area (Å²) < 4.78 is 0. The molecular weight excluding hydrogens is 140 g/mol. The van der Waals surface area contributed by atoms with Crippen LogP contribution in [0.3, 0.4) is 0 Å². The van der Waals surface area contributed by atoms with E-state index in [-0.39, 0.29) is 0 Å². The molecule has 0 aliphatic heterocycles. The zero-order chi connectivity index (χ0) is 6.97. The topological polar surface area (TPSA) is 0 Å². The van der Waals surface area contributed by atoms with Crippen LogP contribution in [0, 0.1) is 0 Å². The van der Waals surface area contributed by atoms with Gasteiger partial charge in [-0.2, -0.15) is 0 Å². The van der Waals surface area contributed by atoms with Gasteiger partial charge in [0.05, 0.1) is 0 Å². The number of aryl methyl sites for hydroxylation is 1. The molecule has 0 unspecified atom stereocenters. The molecule has 0 heterocycles. The van der Waals surface area contributed by atoms with E-state index in [1.165, 1.54) is 35.3 Å². The highest BCUT2D eigenvalue weighted by Crippen LogP contribution is 2.26. The molecule has 1 aliphatic carbocycles. The van der Waals surface area contributed by atoms with E-state index in [0.717, 1.165) is 0 Å². The Morgan fingerprint density at radius 1 is 1.20 bits per heavy atom. The van der Waals surface area contributed by atoms with Gasteiger partial charge in [0.2, 0.25) is 0 Å². The lowest BCUT2D eigenvalue weighted by molar-refractivity contribution is 0.906. The average molecular weight is 150 g/mol. The highest BCUT2D eigenvalue weighted by Gasteiger charge is 2.11. The van der Waals surface area contributed by atoms with E-state index >= 15 is 0 Å². The first-order valence-electron chi connectivity index (χ1n) is 3.67. The zero-order valence-corrected chi connectivity index (χ0v) is 6.70. The van der Waals surface area contributed by atoms with Gasteiger partial charge in [0.1, 0.15) is 0 Å². The quantitative estimate of drug-likeness (QED) is 0.540. The van der Waals surface area contributed by atoms with Crippen LogP contribution in [-0.2, 0) is 12.8 Å². The minimum absolute atomic E-state index is 1.18. The van der Waals surface area contributed by atoms with Crippen LogP contribution in [-0.4, -0.2) is 0 Å². The van der Waals surface area contributed by atoms with Crippen molar-refractivity contribution in [3.8, 4) is 0 Å². The molecule has 0 saturated carbocycles. The maximum Gasteiger partial charge on any atom is 0.00747 e. The molecule has 0 spiro atoms. The summed E-state index contributed by atoms with van der Waals surface area (Å²) in [6.07, 6.45) is 3.80. The van der Waals surface area contributed by atoms with E-state index in [1.807, 2.05) is 0 Å². The first-order chi connectivity index (χ1) is 4.88. The van der Waals surface area contributed by atoms with Crippen LogP contribution < -0.4 is 0 Å². The first-order valence-corrected chi connectivity index (χ1v) is 4.12. The second kappa shape index (κ2) is 2.31. The van der Waals surface area contributed by atoms with E-state index in [0.29, 0.717) is 0 Å². The summed E-state index contributed by atoms with van der Waals surface area (Å²) >= 11 is 4.39. The number of hydrogen-bond donors (Lipinski definition) is 1. The molecule has 0 N–H and O–H groups in total. The molecule has 1 aromatic rings. The standard InChI is InChI=1S/C9H10S/c10-9-6-2-4-7-3-1-5-8(7)9/h2,4,6,10H,1,3,5H2. The molecule has 1 aromatic carbocycles. The lowest BCUT2D eigenvalue weighted by Crippen LogP contribution is -1.81. The fourth-order valence-corrected chi connectivity index (χ4v) is 1.94. The van der Waals surface area contributed by atoms with E-state index in [2.05, 4.69) is 30.8 Å².